The van der Waals surface area contributed by atoms with Crippen LogP contribution in [0.25, 0.3) is 0 Å². The van der Waals surface area contributed by atoms with E-state index in [9.17, 15) is 8.42 Å². The van der Waals surface area contributed by atoms with E-state index in [1.54, 1.807) is 16.7 Å². The number of sulfonamides is 1. The molecule has 134 valence electrons. The van der Waals surface area contributed by atoms with Crippen LogP contribution < -0.4 is 14.8 Å². The number of nitrogens with one attached hydrogen (secondary N) is 2. The third kappa shape index (κ3) is 3.72. The summed E-state index contributed by atoms with van der Waals surface area (Å²) in [5.41, 5.74) is 0.794. The average molecular weight is 356 g/mol. The van der Waals surface area contributed by atoms with Gasteiger partial charge in [-0.15, -0.1) is 0 Å². The topological polar surface area (TPSA) is 79.4 Å². The van der Waals surface area contributed by atoms with Gasteiger partial charge < -0.3 is 14.9 Å². The number of nitrogens with zero attached hydrogens (tertiary/aromatic N) is 2. The molecule has 24 heavy (non-hydrogen) atoms. The molecule has 3 N–H and O–H groups in total. The number of hydrogen-bond acceptors (Lipinski definition) is 4. The molecular weight excluding hydrogens is 328 g/mol. The molecule has 0 atom stereocenters. The van der Waals surface area contributed by atoms with Crippen LogP contribution in [-0.2, 0) is 10.0 Å². The largest absolute Gasteiger partial charge is 0.391 e. The maximum atomic E-state index is 13.1. The van der Waals surface area contributed by atoms with Crippen LogP contribution >= 0.6 is 0 Å². The van der Waals surface area contributed by atoms with Crippen LogP contribution in [-0.4, -0.2) is 70.2 Å². The van der Waals surface area contributed by atoms with Crippen molar-refractivity contribution in [1.82, 2.24) is 4.31 Å². The number of aliphatic hydroxyl groups excluding tert-OH is 1. The highest BCUT2D eigenvalue weighted by atomic mass is 32.2. The Morgan fingerprint density at radius 2 is 1.83 bits per heavy atom. The lowest BCUT2D eigenvalue weighted by Gasteiger charge is -2.34. The number of anilines is 1. The van der Waals surface area contributed by atoms with Crippen LogP contribution in [0.2, 0.25) is 0 Å². The van der Waals surface area contributed by atoms with Gasteiger partial charge >= 0.3 is 0 Å². The maximum absolute atomic E-state index is 13.1. The average Bonchev–Trinajstić information content (AvgIpc) is 2.63. The molecule has 0 unspecified atom stereocenters. The number of piperidine rings is 1. The van der Waals surface area contributed by atoms with E-state index in [1.807, 2.05) is 6.07 Å². The van der Waals surface area contributed by atoms with Crippen LogP contribution in [0.15, 0.2) is 23.4 Å². The van der Waals surface area contributed by atoms with Gasteiger partial charge in [0.15, 0.2) is 17.3 Å². The Morgan fingerprint density at radius 1 is 1.12 bits per heavy atom. The zero-order valence-corrected chi connectivity index (χ0v) is 14.9. The first-order valence-corrected chi connectivity index (χ1v) is 10.3. The summed E-state index contributed by atoms with van der Waals surface area (Å²) in [6.07, 6.45) is 6.39. The Balaban J connectivity index is 1.81. The molecule has 0 spiro atoms. The Hall–Kier alpha value is -1.22. The number of aromatic amines is 1. The van der Waals surface area contributed by atoms with Gasteiger partial charge in [0.2, 0.25) is 0 Å². The van der Waals surface area contributed by atoms with Gasteiger partial charge in [-0.2, -0.15) is 4.31 Å². The summed E-state index contributed by atoms with van der Waals surface area (Å²) in [5, 5.41) is 9.07. The van der Waals surface area contributed by atoms with Crippen molar-refractivity contribution in [3.05, 3.63) is 18.5 Å². The van der Waals surface area contributed by atoms with E-state index in [2.05, 4.69) is 9.88 Å². The molecule has 3 rings (SSSR count). The number of aliphatic hydroxyl groups is 1. The molecule has 1 aromatic heterocycles. The Morgan fingerprint density at radius 3 is 2.50 bits per heavy atom. The Labute approximate surface area is 143 Å². The van der Waals surface area contributed by atoms with Crippen molar-refractivity contribution in [3.63, 3.8) is 0 Å². The number of piperazine rings is 1. The first kappa shape index (κ1) is 17.6. The van der Waals surface area contributed by atoms with Gasteiger partial charge in [-0.3, -0.25) is 0 Å². The summed E-state index contributed by atoms with van der Waals surface area (Å²) in [4.78, 5) is 6.86. The van der Waals surface area contributed by atoms with Crippen molar-refractivity contribution < 1.29 is 23.4 Å². The van der Waals surface area contributed by atoms with Gasteiger partial charge in [-0.1, -0.05) is 6.42 Å². The molecule has 0 amide bonds. The summed E-state index contributed by atoms with van der Waals surface area (Å²) in [6, 6.07) is 1.87. The standard InChI is InChI=1S/C16H26N4O3S/c21-13-12-18-8-10-19(11-9-18)15-4-5-17-14-16(15)24(22,23)20-6-2-1-3-7-20/h4-5,14,21H,1-3,6-13H2/p+2. The SMILES string of the molecule is O=S(=O)(c1c[nH+]ccc1N1CC[NH+](CCO)CC1)N1CCCCC1. The smallest absolute Gasteiger partial charge is 0.251 e. The first-order chi connectivity index (χ1) is 11.6. The summed E-state index contributed by atoms with van der Waals surface area (Å²) in [7, 11) is -3.45. The molecule has 0 bridgehead atoms. The normalized spacial score (nSPS) is 21.1. The molecule has 0 aromatic carbocycles. The summed E-state index contributed by atoms with van der Waals surface area (Å²) in [5.74, 6) is 0. The number of H-pyrrole nitrogens is 1. The molecule has 0 radical (unpaired) electrons. The number of hydrogen-bond donors (Lipinski definition) is 2. The van der Waals surface area contributed by atoms with Crippen molar-refractivity contribution in [1.29, 1.82) is 0 Å². The first-order valence-electron chi connectivity index (χ1n) is 8.82. The number of pyridine rings is 1. The number of rotatable bonds is 5. The maximum Gasteiger partial charge on any atom is 0.251 e. The van der Waals surface area contributed by atoms with Crippen molar-refractivity contribution in [3.8, 4) is 0 Å². The van der Waals surface area contributed by atoms with E-state index in [1.165, 1.54) is 4.90 Å². The fraction of sp³-hybridized carbons (Fsp3) is 0.688. The summed E-state index contributed by atoms with van der Waals surface area (Å²) >= 11 is 0. The molecule has 2 saturated heterocycles. The van der Waals surface area contributed by atoms with E-state index >= 15 is 0 Å². The van der Waals surface area contributed by atoms with E-state index in [4.69, 9.17) is 5.11 Å². The molecule has 2 fully saturated rings. The minimum absolute atomic E-state index is 0.199. The highest BCUT2D eigenvalue weighted by Crippen LogP contribution is 2.28. The summed E-state index contributed by atoms with van der Waals surface area (Å²) in [6.45, 7) is 5.64. The third-order valence-corrected chi connectivity index (χ3v) is 6.94. The minimum Gasteiger partial charge on any atom is -0.391 e. The van der Waals surface area contributed by atoms with Crippen LogP contribution in [0.4, 0.5) is 5.69 Å². The molecular formula is C16H28N4O3S+2. The lowest BCUT2D eigenvalue weighted by molar-refractivity contribution is -0.900. The Bertz CT molecular complexity index is 638. The molecule has 3 heterocycles. The van der Waals surface area contributed by atoms with E-state index < -0.39 is 10.0 Å². The predicted molar refractivity (Wildman–Crippen MR) is 90.5 cm³/mol. The van der Waals surface area contributed by atoms with E-state index in [0.29, 0.717) is 18.0 Å². The molecule has 0 saturated carbocycles. The lowest BCUT2D eigenvalue weighted by Crippen LogP contribution is -3.15. The molecule has 1 aromatic rings. The molecule has 2 aliphatic heterocycles. The van der Waals surface area contributed by atoms with Gasteiger partial charge in [0.25, 0.3) is 10.0 Å². The molecule has 0 aliphatic carbocycles. The fourth-order valence-corrected chi connectivity index (χ4v) is 5.29. The van der Waals surface area contributed by atoms with Gasteiger partial charge in [-0.25, -0.2) is 13.4 Å². The van der Waals surface area contributed by atoms with Gasteiger partial charge in [0.05, 0.1) is 38.5 Å². The number of quaternary nitrogens is 1. The van der Waals surface area contributed by atoms with Crippen molar-refractivity contribution in [2.24, 2.45) is 0 Å². The predicted octanol–water partition coefficient (Wildman–Crippen LogP) is -1.63. The van der Waals surface area contributed by atoms with Crippen LogP contribution in [0.1, 0.15) is 19.3 Å². The second-order valence-corrected chi connectivity index (χ2v) is 8.48. The monoisotopic (exact) mass is 356 g/mol. The van der Waals surface area contributed by atoms with Crippen LogP contribution in [0.3, 0.4) is 0 Å². The minimum atomic E-state index is -3.45. The zero-order chi connectivity index (χ0) is 17.0. The molecule has 7 nitrogen and oxygen atoms in total. The van der Waals surface area contributed by atoms with Gasteiger partial charge in [0, 0.05) is 19.2 Å². The van der Waals surface area contributed by atoms with Crippen molar-refractivity contribution >= 4 is 15.7 Å². The second kappa shape index (κ2) is 7.77. The van der Waals surface area contributed by atoms with Crippen molar-refractivity contribution in [2.75, 3.05) is 57.3 Å². The number of aromatic nitrogens is 1. The van der Waals surface area contributed by atoms with Gasteiger partial charge in [0.1, 0.15) is 6.54 Å². The second-order valence-electron chi connectivity index (χ2n) is 6.57. The van der Waals surface area contributed by atoms with E-state index in [-0.39, 0.29) is 6.61 Å². The zero-order valence-electron chi connectivity index (χ0n) is 14.1. The summed E-state index contributed by atoms with van der Waals surface area (Å²) < 4.78 is 27.7. The van der Waals surface area contributed by atoms with Crippen LogP contribution in [0, 0.1) is 0 Å². The van der Waals surface area contributed by atoms with Crippen molar-refractivity contribution in [2.45, 2.75) is 24.2 Å². The Kier molecular flexibility index (Phi) is 5.70. The highest BCUT2D eigenvalue weighted by molar-refractivity contribution is 7.89. The van der Waals surface area contributed by atoms with Gasteiger partial charge in [-0.05, 0) is 12.8 Å². The quantitative estimate of drug-likeness (QED) is 0.664. The lowest BCUT2D eigenvalue weighted by atomic mass is 10.2. The molecule has 8 heteroatoms. The van der Waals surface area contributed by atoms with Crippen LogP contribution in [0.5, 0.6) is 0 Å². The third-order valence-electron chi connectivity index (χ3n) is 5.01. The molecule has 2 aliphatic rings. The highest BCUT2D eigenvalue weighted by Gasteiger charge is 2.32. The fourth-order valence-electron chi connectivity index (χ4n) is 3.59. The van der Waals surface area contributed by atoms with E-state index in [0.717, 1.165) is 57.7 Å².